The molecule has 0 aliphatic rings. The van der Waals surface area contributed by atoms with Crippen molar-refractivity contribution in [3.05, 3.63) is 0 Å². The molecule has 0 fully saturated rings. The molecule has 0 aliphatic carbocycles. The Bertz CT molecular complexity index is 579. The van der Waals surface area contributed by atoms with Crippen LogP contribution < -0.4 is 0 Å². The fourth-order valence-electron chi connectivity index (χ4n) is 4.48. The van der Waals surface area contributed by atoms with Crippen LogP contribution in [-0.2, 0) is 23.6 Å². The summed E-state index contributed by atoms with van der Waals surface area (Å²) in [5, 5.41) is 10.7. The lowest BCUT2D eigenvalue weighted by Crippen LogP contribution is -2.39. The number of thioether (sulfide) groups is 1. The smallest absolute Gasteiger partial charge is 0.455 e. The van der Waals surface area contributed by atoms with Crippen molar-refractivity contribution in [2.75, 3.05) is 19.0 Å². The van der Waals surface area contributed by atoms with Gasteiger partial charge in [0.05, 0.1) is 18.8 Å². The van der Waals surface area contributed by atoms with Crippen molar-refractivity contribution in [2.24, 2.45) is 0 Å². The van der Waals surface area contributed by atoms with Crippen LogP contribution in [0, 0.1) is 0 Å². The number of rotatable bonds is 29. The number of unbranched alkanes of at least 4 members (excludes halogenated alkanes) is 14. The third-order valence-electron chi connectivity index (χ3n) is 6.93. The Kier molecular flexibility index (Phi) is 26.5. The van der Waals surface area contributed by atoms with E-state index in [4.69, 9.17) is 14.2 Å². The highest BCUT2D eigenvalue weighted by Gasteiger charge is 2.49. The van der Waals surface area contributed by atoms with Crippen molar-refractivity contribution in [3.63, 3.8) is 0 Å². The second kappa shape index (κ2) is 26.7. The van der Waals surface area contributed by atoms with E-state index in [-0.39, 0.29) is 12.7 Å². The van der Waals surface area contributed by atoms with Gasteiger partial charge in [0.25, 0.3) is 0 Å². The van der Waals surface area contributed by atoms with Gasteiger partial charge in [0, 0.05) is 11.9 Å². The molecule has 0 radical (unpaired) electrons. The molecule has 8 heteroatoms. The number of carbonyl (C=O) groups excluding carboxylic acids is 1. The molecule has 0 aromatic rings. The zero-order chi connectivity index (χ0) is 29.2. The van der Waals surface area contributed by atoms with Crippen LogP contribution in [0.1, 0.15) is 150 Å². The largest absolute Gasteiger partial charge is 0.470 e. The highest BCUT2D eigenvalue weighted by molar-refractivity contribution is 7.99. The van der Waals surface area contributed by atoms with Crippen molar-refractivity contribution in [1.82, 2.24) is 0 Å². The number of hydrogen-bond acceptors (Lipinski definition) is 7. The Morgan fingerprint density at radius 3 is 1.79 bits per heavy atom. The predicted molar refractivity (Wildman–Crippen MR) is 167 cm³/mol. The van der Waals surface area contributed by atoms with E-state index >= 15 is 0 Å². The minimum absolute atomic E-state index is 0.0689. The first-order valence-electron chi connectivity index (χ1n) is 16.0. The van der Waals surface area contributed by atoms with Gasteiger partial charge in [-0.3, -0.25) is 0 Å². The predicted octanol–water partition coefficient (Wildman–Crippen LogP) is 9.19. The number of esters is 1. The Morgan fingerprint density at radius 2 is 1.28 bits per heavy atom. The molecule has 0 rings (SSSR count). The maximum atomic E-state index is 12.0. The minimum atomic E-state index is -2.40. The summed E-state index contributed by atoms with van der Waals surface area (Å²) in [5.74, 6) is 0.172. The zero-order valence-electron chi connectivity index (χ0n) is 26.0. The highest BCUT2D eigenvalue weighted by Crippen LogP contribution is 2.26. The van der Waals surface area contributed by atoms with Gasteiger partial charge in [0.15, 0.2) is 0 Å². The zero-order valence-corrected chi connectivity index (χ0v) is 27.8. The molecule has 0 aromatic heterocycles. The Labute approximate surface area is 246 Å². The molecule has 6 nitrogen and oxygen atoms in total. The molecule has 0 aliphatic heterocycles. The molecule has 4 atom stereocenters. The van der Waals surface area contributed by atoms with Gasteiger partial charge in [-0.2, -0.15) is 11.8 Å². The maximum Gasteiger partial charge on any atom is 0.470 e. The van der Waals surface area contributed by atoms with Gasteiger partial charge >= 0.3 is 20.0 Å². The molecular weight excluding hydrogens is 531 g/mol. The summed E-state index contributed by atoms with van der Waals surface area (Å²) in [6.45, 7) is 10.5. The van der Waals surface area contributed by atoms with Crippen LogP contribution in [0.4, 0.5) is 0 Å². The summed E-state index contributed by atoms with van der Waals surface area (Å²) in [6.07, 6.45) is 22.8. The van der Waals surface area contributed by atoms with E-state index in [0.717, 1.165) is 0 Å². The average molecular weight is 594 g/mol. The monoisotopic (exact) mass is 593 g/mol. The normalized spacial score (nSPS) is 14.9. The molecular formula is C31H62O6PS+. The van der Waals surface area contributed by atoms with Crippen LogP contribution in [0.3, 0.4) is 0 Å². The van der Waals surface area contributed by atoms with Crippen LogP contribution >= 0.6 is 20.2 Å². The number of ether oxygens (including phenoxy) is 3. The molecule has 0 spiro atoms. The van der Waals surface area contributed by atoms with Gasteiger partial charge < -0.3 is 19.3 Å². The Hall–Kier alpha value is -0.200. The molecule has 1 N–H and O–H groups in total. The first-order chi connectivity index (χ1) is 18.8. The molecule has 39 heavy (non-hydrogen) atoms. The van der Waals surface area contributed by atoms with Crippen LogP contribution in [0.15, 0.2) is 0 Å². The van der Waals surface area contributed by atoms with Crippen LogP contribution in [0.5, 0.6) is 0 Å². The molecule has 232 valence electrons. The van der Waals surface area contributed by atoms with Crippen molar-refractivity contribution >= 4 is 26.2 Å². The molecule has 0 amide bonds. The second-order valence-electron chi connectivity index (χ2n) is 11.1. The van der Waals surface area contributed by atoms with Gasteiger partial charge in [-0.05, 0) is 45.8 Å². The summed E-state index contributed by atoms with van der Waals surface area (Å²) in [4.78, 5) is 12.0. The molecule has 0 heterocycles. The minimum Gasteiger partial charge on any atom is -0.455 e. The van der Waals surface area contributed by atoms with Gasteiger partial charge in [-0.1, -0.05) is 115 Å². The molecule has 4 unspecified atom stereocenters. The fraction of sp³-hybridized carbons (Fsp3) is 0.968. The van der Waals surface area contributed by atoms with E-state index in [1.165, 1.54) is 115 Å². The van der Waals surface area contributed by atoms with Crippen molar-refractivity contribution in [1.29, 1.82) is 0 Å². The van der Waals surface area contributed by atoms with Gasteiger partial charge in [-0.15, -0.1) is 0 Å². The third-order valence-corrected chi connectivity index (χ3v) is 9.13. The van der Waals surface area contributed by atoms with Crippen LogP contribution in [0.25, 0.3) is 0 Å². The summed E-state index contributed by atoms with van der Waals surface area (Å²) in [7, 11) is -1.35. The Balaban J connectivity index is 4.35. The maximum absolute atomic E-state index is 12.0. The molecule has 0 bridgehead atoms. The fourth-order valence-corrected chi connectivity index (χ4v) is 6.14. The summed E-state index contributed by atoms with van der Waals surface area (Å²) < 4.78 is 27.7. The molecule has 0 saturated carbocycles. The topological polar surface area (TPSA) is 82.1 Å². The first kappa shape index (κ1) is 38.8. The number of aliphatic hydroxyl groups is 1. The highest BCUT2D eigenvalue weighted by atomic mass is 32.2. The van der Waals surface area contributed by atoms with Crippen molar-refractivity contribution in [2.45, 2.75) is 173 Å². The third kappa shape index (κ3) is 22.1. The summed E-state index contributed by atoms with van der Waals surface area (Å²) in [6, 6.07) is 0. The Morgan fingerprint density at radius 1 is 0.769 bits per heavy atom. The number of carbonyl (C=O) groups is 1. The van der Waals surface area contributed by atoms with Crippen molar-refractivity contribution in [3.8, 4) is 0 Å². The standard InChI is InChI=1S/C31H61O6PS/c1-6-8-10-12-14-15-16-17-19-21-26-39-29(23-20-18-13-11-9-7-2)28(5)35-24-22-25-36-31(33,38-34)30(32)37-27(3)4/h27-29,33H,6-26H2,1-5H3/p+1. The van der Waals surface area contributed by atoms with Crippen molar-refractivity contribution < 1.29 is 28.7 Å². The lowest BCUT2D eigenvalue weighted by molar-refractivity contribution is -0.199. The number of hydrogen-bond donors (Lipinski definition) is 1. The SMILES string of the molecule is CCCCCCCCCCCCSC(CCCCCCCC)C(C)OCCCOC(O)([PH+]=O)C(=O)OC(C)C. The van der Waals surface area contributed by atoms with Crippen LogP contribution in [0.2, 0.25) is 0 Å². The molecule has 0 aromatic carbocycles. The van der Waals surface area contributed by atoms with E-state index in [1.807, 2.05) is 0 Å². The van der Waals surface area contributed by atoms with E-state index in [2.05, 4.69) is 32.5 Å². The quantitative estimate of drug-likeness (QED) is 0.0401. The van der Waals surface area contributed by atoms with E-state index in [1.54, 1.807) is 13.8 Å². The van der Waals surface area contributed by atoms with Crippen LogP contribution in [-0.4, -0.2) is 53.0 Å². The van der Waals surface area contributed by atoms with Gasteiger partial charge in [0.2, 0.25) is 0 Å². The summed E-state index contributed by atoms with van der Waals surface area (Å²) in [5.41, 5.74) is -2.40. The van der Waals surface area contributed by atoms with Gasteiger partial charge in [0.1, 0.15) is 0 Å². The van der Waals surface area contributed by atoms with E-state index < -0.39 is 26.1 Å². The summed E-state index contributed by atoms with van der Waals surface area (Å²) >= 11 is 2.06. The van der Waals surface area contributed by atoms with E-state index in [0.29, 0.717) is 18.3 Å². The average Bonchev–Trinajstić information content (AvgIpc) is 2.91. The second-order valence-corrected chi connectivity index (χ2v) is 13.4. The first-order valence-corrected chi connectivity index (χ1v) is 18.0. The van der Waals surface area contributed by atoms with Gasteiger partial charge in [-0.25, -0.2) is 4.79 Å². The lowest BCUT2D eigenvalue weighted by Gasteiger charge is -2.24. The van der Waals surface area contributed by atoms with E-state index in [9.17, 15) is 14.5 Å². The molecule has 0 saturated heterocycles. The lowest BCUT2D eigenvalue weighted by atomic mass is 10.1.